The smallest absolute Gasteiger partial charge is 0.266 e. The molecule has 3 atom stereocenters. The summed E-state index contributed by atoms with van der Waals surface area (Å²) < 4.78 is 16.5. The van der Waals surface area contributed by atoms with Crippen LogP contribution in [0, 0.1) is 5.92 Å². The molecule has 0 radical (unpaired) electrons. The zero-order chi connectivity index (χ0) is 23.8. The lowest BCUT2D eigenvalue weighted by Gasteiger charge is -2.29. The Bertz CT molecular complexity index is 1190. The highest BCUT2D eigenvalue weighted by molar-refractivity contribution is 6.23. The van der Waals surface area contributed by atoms with E-state index in [2.05, 4.69) is 0 Å². The van der Waals surface area contributed by atoms with Gasteiger partial charge >= 0.3 is 0 Å². The third kappa shape index (κ3) is 3.34. The van der Waals surface area contributed by atoms with Gasteiger partial charge in [-0.3, -0.25) is 14.4 Å². The second-order valence-corrected chi connectivity index (χ2v) is 7.96. The quantitative estimate of drug-likeness (QED) is 0.519. The van der Waals surface area contributed by atoms with Crippen LogP contribution in [0.2, 0.25) is 0 Å². The molecule has 2 heterocycles. The molecule has 2 aliphatic heterocycles. The Labute approximate surface area is 197 Å². The third-order valence-electron chi connectivity index (χ3n) is 6.17. The first kappa shape index (κ1) is 21.8. The van der Waals surface area contributed by atoms with E-state index in [0.29, 0.717) is 28.5 Å². The summed E-state index contributed by atoms with van der Waals surface area (Å²) in [5, 5.41) is 1.63. The first-order chi connectivity index (χ1) is 16.6. The van der Waals surface area contributed by atoms with Gasteiger partial charge in [0.25, 0.3) is 5.91 Å². The predicted octanol–water partition coefficient (Wildman–Crippen LogP) is 3.76. The Balaban J connectivity index is 1.65. The molecule has 2 amide bonds. The average Bonchev–Trinajstić information content (AvgIpc) is 3.39. The van der Waals surface area contributed by atoms with Crippen molar-refractivity contribution >= 4 is 23.2 Å². The van der Waals surface area contributed by atoms with Crippen LogP contribution in [-0.4, -0.2) is 39.2 Å². The summed E-state index contributed by atoms with van der Waals surface area (Å²) in [5.74, 6) is -0.142. The molecule has 2 fully saturated rings. The van der Waals surface area contributed by atoms with Crippen molar-refractivity contribution in [2.75, 3.05) is 31.3 Å². The average molecular weight is 460 g/mol. The monoisotopic (exact) mass is 460 g/mol. The molecule has 174 valence electrons. The van der Waals surface area contributed by atoms with Crippen molar-refractivity contribution in [3.63, 3.8) is 0 Å². The summed E-state index contributed by atoms with van der Waals surface area (Å²) in [6.45, 7) is 0. The fourth-order valence-corrected chi connectivity index (χ4v) is 4.66. The number of fused-ring (bicyclic) bond motifs is 1. The Morgan fingerprint density at radius 3 is 1.82 bits per heavy atom. The number of para-hydroxylation sites is 2. The van der Waals surface area contributed by atoms with Gasteiger partial charge in [0.15, 0.2) is 17.6 Å². The number of hydroxylamine groups is 1. The normalized spacial score (nSPS) is 21.6. The largest absolute Gasteiger partial charge is 0.493 e. The number of carbonyl (C=O) groups is 2. The molecule has 0 aromatic heterocycles. The molecule has 0 N–H and O–H groups in total. The minimum atomic E-state index is -0.961. The van der Waals surface area contributed by atoms with E-state index in [9.17, 15) is 9.59 Å². The number of carbonyl (C=O) groups excluding carboxylic acids is 2. The fraction of sp³-hybridized carbons (Fsp3) is 0.231. The number of hydrogen-bond donors (Lipinski definition) is 0. The van der Waals surface area contributed by atoms with Crippen LogP contribution in [0.25, 0.3) is 0 Å². The number of hydrogen-bond acceptors (Lipinski definition) is 7. The molecule has 0 aliphatic carbocycles. The third-order valence-corrected chi connectivity index (χ3v) is 6.17. The fourth-order valence-electron chi connectivity index (χ4n) is 4.66. The van der Waals surface area contributed by atoms with Crippen molar-refractivity contribution in [1.82, 2.24) is 0 Å². The van der Waals surface area contributed by atoms with Gasteiger partial charge in [-0.25, -0.2) is 9.96 Å². The number of nitrogens with zero attached hydrogens (tertiary/aromatic N) is 2. The Kier molecular flexibility index (Phi) is 5.59. The lowest BCUT2D eigenvalue weighted by Crippen LogP contribution is -2.37. The molecule has 0 unspecified atom stereocenters. The molecule has 8 nitrogen and oxygen atoms in total. The topological polar surface area (TPSA) is 77.5 Å². The van der Waals surface area contributed by atoms with E-state index >= 15 is 0 Å². The summed E-state index contributed by atoms with van der Waals surface area (Å²) in [4.78, 5) is 34.5. The summed E-state index contributed by atoms with van der Waals surface area (Å²) in [6, 6.07) is 21.2. The van der Waals surface area contributed by atoms with Gasteiger partial charge in [0.1, 0.15) is 5.92 Å². The lowest BCUT2D eigenvalue weighted by molar-refractivity contribution is -0.126. The van der Waals surface area contributed by atoms with Crippen molar-refractivity contribution in [2.45, 2.75) is 12.1 Å². The maximum Gasteiger partial charge on any atom is 0.266 e. The molecule has 34 heavy (non-hydrogen) atoms. The number of ether oxygens (including phenoxy) is 3. The van der Waals surface area contributed by atoms with E-state index in [4.69, 9.17) is 19.0 Å². The highest BCUT2D eigenvalue weighted by atomic mass is 16.7. The molecular formula is C26H24N2O6. The van der Waals surface area contributed by atoms with E-state index in [1.807, 2.05) is 36.4 Å². The van der Waals surface area contributed by atoms with Crippen LogP contribution in [0.5, 0.6) is 17.2 Å². The number of imide groups is 1. The van der Waals surface area contributed by atoms with Gasteiger partial charge in [-0.05, 0) is 42.0 Å². The molecule has 0 spiro atoms. The van der Waals surface area contributed by atoms with Crippen molar-refractivity contribution in [2.24, 2.45) is 5.92 Å². The summed E-state index contributed by atoms with van der Waals surface area (Å²) >= 11 is 0. The van der Waals surface area contributed by atoms with Crippen LogP contribution >= 0.6 is 0 Å². The lowest BCUT2D eigenvalue weighted by atomic mass is 9.90. The zero-order valence-electron chi connectivity index (χ0n) is 19.0. The molecule has 8 heteroatoms. The molecule has 5 rings (SSSR count). The Morgan fingerprint density at radius 2 is 1.29 bits per heavy atom. The Morgan fingerprint density at radius 1 is 0.735 bits per heavy atom. The molecule has 2 saturated heterocycles. The maximum atomic E-state index is 13.7. The standard InChI is InChI=1S/C26H24N2O6/c1-31-19-14-16(15-20(32-2)23(19)33-3)22-21-24(34-28(22)18-12-8-5-9-13-18)26(30)27(25(21)29)17-10-6-4-7-11-17/h4-15,21-22,24H,1-3H3/t21-,22-,24-/m1/s1. The van der Waals surface area contributed by atoms with Gasteiger partial charge in [-0.1, -0.05) is 36.4 Å². The highest BCUT2D eigenvalue weighted by Crippen LogP contribution is 2.50. The Hall–Kier alpha value is -4.04. The number of amides is 2. The van der Waals surface area contributed by atoms with Crippen LogP contribution in [0.4, 0.5) is 11.4 Å². The molecule has 0 bridgehead atoms. The number of anilines is 2. The highest BCUT2D eigenvalue weighted by Gasteiger charge is 2.60. The first-order valence-electron chi connectivity index (χ1n) is 10.8. The van der Waals surface area contributed by atoms with Gasteiger partial charge in [0.2, 0.25) is 11.7 Å². The van der Waals surface area contributed by atoms with E-state index in [1.54, 1.807) is 41.5 Å². The minimum Gasteiger partial charge on any atom is -0.493 e. The second-order valence-electron chi connectivity index (χ2n) is 7.96. The molecular weight excluding hydrogens is 436 g/mol. The van der Waals surface area contributed by atoms with E-state index in [-0.39, 0.29) is 5.91 Å². The van der Waals surface area contributed by atoms with Crippen molar-refractivity contribution < 1.29 is 28.6 Å². The van der Waals surface area contributed by atoms with Crippen LogP contribution in [-0.2, 0) is 14.4 Å². The van der Waals surface area contributed by atoms with Crippen molar-refractivity contribution in [1.29, 1.82) is 0 Å². The van der Waals surface area contributed by atoms with E-state index in [0.717, 1.165) is 5.69 Å². The van der Waals surface area contributed by atoms with Gasteiger partial charge in [0.05, 0.1) is 38.7 Å². The van der Waals surface area contributed by atoms with Gasteiger partial charge in [0, 0.05) is 0 Å². The molecule has 2 aliphatic rings. The molecule has 3 aromatic carbocycles. The number of methoxy groups -OCH3 is 3. The van der Waals surface area contributed by atoms with Crippen molar-refractivity contribution in [3.8, 4) is 17.2 Å². The summed E-state index contributed by atoms with van der Waals surface area (Å²) in [6.07, 6.45) is -0.961. The van der Waals surface area contributed by atoms with Crippen LogP contribution < -0.4 is 24.2 Å². The molecule has 3 aromatic rings. The maximum absolute atomic E-state index is 13.7. The zero-order valence-corrected chi connectivity index (χ0v) is 19.0. The predicted molar refractivity (Wildman–Crippen MR) is 125 cm³/mol. The van der Waals surface area contributed by atoms with Crippen LogP contribution in [0.1, 0.15) is 11.6 Å². The number of benzene rings is 3. The van der Waals surface area contributed by atoms with E-state index < -0.39 is 24.0 Å². The summed E-state index contributed by atoms with van der Waals surface area (Å²) in [7, 11) is 4.60. The van der Waals surface area contributed by atoms with E-state index in [1.165, 1.54) is 26.2 Å². The van der Waals surface area contributed by atoms with Crippen molar-refractivity contribution in [3.05, 3.63) is 78.4 Å². The minimum absolute atomic E-state index is 0.321. The van der Waals surface area contributed by atoms with Crippen LogP contribution in [0.15, 0.2) is 72.8 Å². The van der Waals surface area contributed by atoms with Crippen LogP contribution in [0.3, 0.4) is 0 Å². The first-order valence-corrected chi connectivity index (χ1v) is 10.8. The second kappa shape index (κ2) is 8.72. The van der Waals surface area contributed by atoms with Gasteiger partial charge < -0.3 is 14.2 Å². The van der Waals surface area contributed by atoms with Gasteiger partial charge in [-0.2, -0.15) is 0 Å². The number of rotatable bonds is 6. The molecule has 0 saturated carbocycles. The van der Waals surface area contributed by atoms with Gasteiger partial charge in [-0.15, -0.1) is 0 Å². The summed E-state index contributed by atoms with van der Waals surface area (Å²) in [5.41, 5.74) is 1.94. The SMILES string of the molecule is COc1cc([C@@H]2[C@H]3C(=O)N(c4ccccc4)C(=O)[C@@H]3ON2c2ccccc2)cc(OC)c1OC.